The minimum absolute atomic E-state index is 0.274. The third-order valence-electron chi connectivity index (χ3n) is 2.60. The van der Waals surface area contributed by atoms with Crippen LogP contribution < -0.4 is 4.72 Å². The smallest absolute Gasteiger partial charge is 0.253 e. The van der Waals surface area contributed by atoms with Crippen LogP contribution in [-0.4, -0.2) is 23.9 Å². The van der Waals surface area contributed by atoms with Crippen molar-refractivity contribution in [2.24, 2.45) is 0 Å². The molecule has 0 spiro atoms. The molecule has 2 aromatic rings. The molecule has 0 saturated heterocycles. The molecular formula is C13H17N3O2S3. The molecule has 5 nitrogen and oxygen atoms in total. The van der Waals surface area contributed by atoms with Gasteiger partial charge in [0.2, 0.25) is 5.13 Å². The zero-order valence-corrected chi connectivity index (χ0v) is 14.7. The van der Waals surface area contributed by atoms with E-state index in [2.05, 4.69) is 14.9 Å². The molecule has 21 heavy (non-hydrogen) atoms. The molecule has 0 aliphatic rings. The maximum Gasteiger partial charge on any atom is 0.263 e. The first-order valence-corrected chi connectivity index (χ1v) is 9.56. The van der Waals surface area contributed by atoms with E-state index in [1.807, 2.05) is 26.8 Å². The zero-order valence-electron chi connectivity index (χ0n) is 12.2. The third-order valence-corrected chi connectivity index (χ3v) is 6.13. The number of nitrogens with one attached hydrogen (secondary N) is 1. The van der Waals surface area contributed by atoms with Gasteiger partial charge in [-0.2, -0.15) is 0 Å². The van der Waals surface area contributed by atoms with Crippen molar-refractivity contribution in [1.29, 1.82) is 0 Å². The van der Waals surface area contributed by atoms with Gasteiger partial charge in [0.25, 0.3) is 10.0 Å². The number of sulfonamides is 1. The first kappa shape index (κ1) is 16.3. The predicted octanol–water partition coefficient (Wildman–Crippen LogP) is 3.46. The molecule has 0 radical (unpaired) electrons. The minimum atomic E-state index is -3.63. The highest BCUT2D eigenvalue weighted by Crippen LogP contribution is 2.30. The Balaban J connectivity index is 2.25. The normalized spacial score (nSPS) is 11.9. The van der Waals surface area contributed by atoms with Crippen molar-refractivity contribution >= 4 is 38.3 Å². The summed E-state index contributed by atoms with van der Waals surface area (Å²) < 4.78 is 28.1. The van der Waals surface area contributed by atoms with Crippen LogP contribution in [0.1, 0.15) is 25.0 Å². The van der Waals surface area contributed by atoms with Crippen molar-refractivity contribution in [2.75, 3.05) is 4.72 Å². The van der Waals surface area contributed by atoms with Gasteiger partial charge in [-0.1, -0.05) is 49.1 Å². The summed E-state index contributed by atoms with van der Waals surface area (Å²) in [4.78, 5) is 0.274. The molecule has 1 N–H and O–H groups in total. The summed E-state index contributed by atoms with van der Waals surface area (Å²) in [6, 6.07) is 5.34. The molecule has 0 unspecified atom stereocenters. The van der Waals surface area contributed by atoms with E-state index < -0.39 is 10.0 Å². The number of benzene rings is 1. The summed E-state index contributed by atoms with van der Waals surface area (Å²) in [7, 11) is -3.63. The van der Waals surface area contributed by atoms with Gasteiger partial charge in [0.15, 0.2) is 4.34 Å². The lowest BCUT2D eigenvalue weighted by atomic mass is 10.2. The highest BCUT2D eigenvalue weighted by Gasteiger charge is 2.19. The Labute approximate surface area is 133 Å². The summed E-state index contributed by atoms with van der Waals surface area (Å²) in [6.07, 6.45) is 0. The van der Waals surface area contributed by atoms with Gasteiger partial charge in [-0.15, -0.1) is 10.2 Å². The van der Waals surface area contributed by atoms with E-state index in [1.54, 1.807) is 30.8 Å². The number of aromatic nitrogens is 2. The van der Waals surface area contributed by atoms with Gasteiger partial charge in [-0.25, -0.2) is 8.42 Å². The molecule has 0 aliphatic heterocycles. The first-order valence-electron chi connectivity index (χ1n) is 6.38. The van der Waals surface area contributed by atoms with Gasteiger partial charge < -0.3 is 0 Å². The maximum atomic E-state index is 12.4. The molecule has 0 amide bonds. The van der Waals surface area contributed by atoms with Crippen molar-refractivity contribution in [1.82, 2.24) is 10.2 Å². The monoisotopic (exact) mass is 343 g/mol. The predicted molar refractivity (Wildman–Crippen MR) is 87.6 cm³/mol. The topological polar surface area (TPSA) is 72.0 Å². The SMILES string of the molecule is Cc1ccc(C)c(S(=O)(=O)Nc2nnc(SC(C)C)s2)c1. The largest absolute Gasteiger partial charge is 0.263 e. The van der Waals surface area contributed by atoms with Crippen LogP contribution in [0.4, 0.5) is 5.13 Å². The Kier molecular flexibility index (Phi) is 4.90. The fourth-order valence-corrected chi connectivity index (χ4v) is 5.20. The molecule has 1 aromatic heterocycles. The van der Waals surface area contributed by atoms with E-state index in [1.165, 1.54) is 11.3 Å². The van der Waals surface area contributed by atoms with Crippen LogP contribution in [0.3, 0.4) is 0 Å². The molecule has 0 bridgehead atoms. The number of hydrogen-bond acceptors (Lipinski definition) is 6. The van der Waals surface area contributed by atoms with E-state index in [-0.39, 0.29) is 4.90 Å². The maximum absolute atomic E-state index is 12.4. The molecule has 0 saturated carbocycles. The van der Waals surface area contributed by atoms with Gasteiger partial charge in [0.1, 0.15) is 0 Å². The van der Waals surface area contributed by atoms with E-state index in [4.69, 9.17) is 0 Å². The lowest BCUT2D eigenvalue weighted by Crippen LogP contribution is -2.14. The molecule has 1 aromatic carbocycles. The van der Waals surface area contributed by atoms with E-state index in [0.29, 0.717) is 15.9 Å². The molecular weight excluding hydrogens is 326 g/mol. The van der Waals surface area contributed by atoms with Crippen molar-refractivity contribution in [3.05, 3.63) is 29.3 Å². The Morgan fingerprint density at radius 3 is 2.62 bits per heavy atom. The van der Waals surface area contributed by atoms with Gasteiger partial charge in [0.05, 0.1) is 4.90 Å². The second-order valence-electron chi connectivity index (χ2n) is 4.91. The van der Waals surface area contributed by atoms with E-state index in [9.17, 15) is 8.42 Å². The second-order valence-corrected chi connectivity index (χ2v) is 9.37. The number of nitrogens with zero attached hydrogens (tertiary/aromatic N) is 2. The molecule has 114 valence electrons. The quantitative estimate of drug-likeness (QED) is 0.842. The first-order chi connectivity index (χ1) is 9.78. The van der Waals surface area contributed by atoms with Crippen LogP contribution >= 0.6 is 23.1 Å². The average molecular weight is 343 g/mol. The summed E-state index contributed by atoms with van der Waals surface area (Å²) in [5.41, 5.74) is 1.60. The molecule has 8 heteroatoms. The summed E-state index contributed by atoms with van der Waals surface area (Å²) in [5, 5.41) is 8.54. The van der Waals surface area contributed by atoms with Gasteiger partial charge in [-0.05, 0) is 31.0 Å². The van der Waals surface area contributed by atoms with Crippen molar-refractivity contribution in [3.63, 3.8) is 0 Å². The Morgan fingerprint density at radius 2 is 1.95 bits per heavy atom. The lowest BCUT2D eigenvalue weighted by molar-refractivity contribution is 0.600. The number of aryl methyl sites for hydroxylation is 2. The zero-order chi connectivity index (χ0) is 15.6. The fraction of sp³-hybridized carbons (Fsp3) is 0.385. The van der Waals surface area contributed by atoms with Crippen LogP contribution in [0.25, 0.3) is 0 Å². The van der Waals surface area contributed by atoms with Gasteiger partial charge in [-0.3, -0.25) is 4.72 Å². The Bertz CT molecular complexity index is 739. The van der Waals surface area contributed by atoms with Gasteiger partial charge in [0, 0.05) is 5.25 Å². The minimum Gasteiger partial charge on any atom is -0.253 e. The van der Waals surface area contributed by atoms with Crippen molar-refractivity contribution in [3.8, 4) is 0 Å². The van der Waals surface area contributed by atoms with Crippen LogP contribution in [0.5, 0.6) is 0 Å². The summed E-state index contributed by atoms with van der Waals surface area (Å²) in [5.74, 6) is 0. The summed E-state index contributed by atoms with van der Waals surface area (Å²) >= 11 is 2.80. The Hall–Kier alpha value is -1.12. The van der Waals surface area contributed by atoms with Crippen molar-refractivity contribution < 1.29 is 8.42 Å². The Morgan fingerprint density at radius 1 is 1.24 bits per heavy atom. The standard InChI is InChI=1S/C13H17N3O2S3/c1-8(2)19-13-15-14-12(20-13)16-21(17,18)11-7-9(3)5-6-10(11)4/h5-8H,1-4H3,(H,14,16). The number of thioether (sulfide) groups is 1. The van der Waals surface area contributed by atoms with Crippen LogP contribution in [-0.2, 0) is 10.0 Å². The van der Waals surface area contributed by atoms with Crippen LogP contribution in [0, 0.1) is 13.8 Å². The highest BCUT2D eigenvalue weighted by atomic mass is 32.2. The molecule has 2 rings (SSSR count). The van der Waals surface area contributed by atoms with Crippen molar-refractivity contribution in [2.45, 2.75) is 42.2 Å². The molecule has 1 heterocycles. The number of anilines is 1. The van der Waals surface area contributed by atoms with E-state index >= 15 is 0 Å². The van der Waals surface area contributed by atoms with Crippen LogP contribution in [0.15, 0.2) is 27.4 Å². The molecule has 0 atom stereocenters. The second kappa shape index (κ2) is 6.33. The third kappa shape index (κ3) is 4.18. The molecule has 0 aliphatic carbocycles. The highest BCUT2D eigenvalue weighted by molar-refractivity contribution is 8.01. The summed E-state index contributed by atoms with van der Waals surface area (Å²) in [6.45, 7) is 7.73. The average Bonchev–Trinajstić information content (AvgIpc) is 2.77. The van der Waals surface area contributed by atoms with E-state index in [0.717, 1.165) is 9.90 Å². The lowest BCUT2D eigenvalue weighted by Gasteiger charge is -2.08. The number of hydrogen-bond donors (Lipinski definition) is 1. The fourth-order valence-electron chi connectivity index (χ4n) is 1.67. The molecule has 0 fully saturated rings. The van der Waals surface area contributed by atoms with Crippen LogP contribution in [0.2, 0.25) is 0 Å². The van der Waals surface area contributed by atoms with Gasteiger partial charge >= 0.3 is 0 Å². The number of rotatable bonds is 5.